The van der Waals surface area contributed by atoms with Crippen LogP contribution in [0.4, 0.5) is 0 Å². The van der Waals surface area contributed by atoms with Crippen molar-refractivity contribution in [3.05, 3.63) is 0 Å². The van der Waals surface area contributed by atoms with Gasteiger partial charge in [-0.25, -0.2) is 0 Å². The van der Waals surface area contributed by atoms with Crippen LogP contribution in [-0.2, 0) is 9.59 Å². The summed E-state index contributed by atoms with van der Waals surface area (Å²) in [4.78, 5) is 26.3. The minimum atomic E-state index is -0.537. The summed E-state index contributed by atoms with van der Waals surface area (Å²) in [5.74, 6) is 0.554. The Morgan fingerprint density at radius 2 is 1.94 bits per heavy atom. The smallest absolute Gasteiger partial charge is 0.246 e. The predicted molar refractivity (Wildman–Crippen MR) is 65.4 cm³/mol. The van der Waals surface area contributed by atoms with Crippen molar-refractivity contribution in [1.29, 1.82) is 0 Å². The fourth-order valence-corrected chi connectivity index (χ4v) is 3.10. The number of hydrogen-bond donors (Lipinski definition) is 1. The standard InChI is InChI=1S/C13H22N2O2/c1-9(2)8-10-11(16)15(3)13(12(17)14-10)6-4-5-7-13/h9-10H,4-8H2,1-3H3,(H,14,17). The Bertz CT molecular complexity index is 332. The van der Waals surface area contributed by atoms with Crippen molar-refractivity contribution >= 4 is 11.8 Å². The Morgan fingerprint density at radius 3 is 2.47 bits per heavy atom. The Morgan fingerprint density at radius 1 is 1.35 bits per heavy atom. The molecule has 2 amide bonds. The van der Waals surface area contributed by atoms with Gasteiger partial charge >= 0.3 is 0 Å². The van der Waals surface area contributed by atoms with Gasteiger partial charge in [0.15, 0.2) is 0 Å². The molecule has 1 atom stereocenters. The maximum atomic E-state index is 12.3. The number of piperazine rings is 1. The summed E-state index contributed by atoms with van der Waals surface area (Å²) in [5.41, 5.74) is -0.537. The van der Waals surface area contributed by atoms with Crippen molar-refractivity contribution in [2.75, 3.05) is 7.05 Å². The third kappa shape index (κ3) is 1.94. The summed E-state index contributed by atoms with van der Waals surface area (Å²) in [7, 11) is 1.79. The zero-order valence-corrected chi connectivity index (χ0v) is 11.0. The second-order valence-electron chi connectivity index (χ2n) is 5.79. The quantitative estimate of drug-likeness (QED) is 0.788. The predicted octanol–water partition coefficient (Wildman–Crippen LogP) is 1.30. The third-order valence-corrected chi connectivity index (χ3v) is 4.14. The molecule has 4 heteroatoms. The lowest BCUT2D eigenvalue weighted by Crippen LogP contribution is -2.68. The zero-order valence-electron chi connectivity index (χ0n) is 11.0. The van der Waals surface area contributed by atoms with Gasteiger partial charge in [-0.2, -0.15) is 0 Å². The van der Waals surface area contributed by atoms with Crippen LogP contribution in [0, 0.1) is 5.92 Å². The van der Waals surface area contributed by atoms with Crippen LogP contribution in [0.25, 0.3) is 0 Å². The van der Waals surface area contributed by atoms with Gasteiger partial charge in [-0.05, 0) is 25.2 Å². The molecule has 0 aromatic carbocycles. The zero-order chi connectivity index (χ0) is 12.6. The first-order chi connectivity index (χ1) is 7.97. The van der Waals surface area contributed by atoms with E-state index in [1.807, 2.05) is 0 Å². The molecule has 2 aliphatic rings. The largest absolute Gasteiger partial charge is 0.342 e. The highest BCUT2D eigenvalue weighted by Gasteiger charge is 2.51. The maximum Gasteiger partial charge on any atom is 0.246 e. The molecule has 0 radical (unpaired) electrons. The SMILES string of the molecule is CC(C)CC1NC(=O)C2(CCCC2)N(C)C1=O. The summed E-state index contributed by atoms with van der Waals surface area (Å²) in [6.07, 6.45) is 4.44. The molecule has 4 nitrogen and oxygen atoms in total. The number of nitrogens with one attached hydrogen (secondary N) is 1. The fourth-order valence-electron chi connectivity index (χ4n) is 3.10. The Kier molecular flexibility index (Phi) is 3.15. The van der Waals surface area contributed by atoms with E-state index >= 15 is 0 Å². The lowest BCUT2D eigenvalue weighted by molar-refractivity contribution is -0.155. The van der Waals surface area contributed by atoms with Gasteiger partial charge in [0.05, 0.1) is 0 Å². The lowest BCUT2D eigenvalue weighted by Gasteiger charge is -2.44. The molecule has 1 unspecified atom stereocenters. The van der Waals surface area contributed by atoms with E-state index in [1.54, 1.807) is 11.9 Å². The summed E-state index contributed by atoms with van der Waals surface area (Å²) in [6.45, 7) is 4.14. The molecule has 96 valence electrons. The summed E-state index contributed by atoms with van der Waals surface area (Å²) in [6, 6.07) is -0.321. The number of likely N-dealkylation sites (N-methyl/N-ethyl adjacent to an activating group) is 1. The van der Waals surface area contributed by atoms with Crippen molar-refractivity contribution in [2.24, 2.45) is 5.92 Å². The van der Waals surface area contributed by atoms with Crippen LogP contribution < -0.4 is 5.32 Å². The molecule has 1 N–H and O–H groups in total. The molecule has 2 fully saturated rings. The van der Waals surface area contributed by atoms with Crippen LogP contribution in [-0.4, -0.2) is 35.3 Å². The van der Waals surface area contributed by atoms with Crippen LogP contribution >= 0.6 is 0 Å². The van der Waals surface area contributed by atoms with E-state index in [0.29, 0.717) is 5.92 Å². The van der Waals surface area contributed by atoms with Crippen molar-refractivity contribution < 1.29 is 9.59 Å². The van der Waals surface area contributed by atoms with E-state index in [0.717, 1.165) is 32.1 Å². The molecule has 1 saturated heterocycles. The first-order valence-corrected chi connectivity index (χ1v) is 6.56. The molecule has 2 rings (SSSR count). The van der Waals surface area contributed by atoms with Crippen molar-refractivity contribution in [3.63, 3.8) is 0 Å². The van der Waals surface area contributed by atoms with Gasteiger partial charge < -0.3 is 10.2 Å². The van der Waals surface area contributed by atoms with Crippen molar-refractivity contribution in [2.45, 2.75) is 57.5 Å². The van der Waals surface area contributed by atoms with E-state index in [4.69, 9.17) is 0 Å². The van der Waals surface area contributed by atoms with E-state index in [9.17, 15) is 9.59 Å². The minimum Gasteiger partial charge on any atom is -0.342 e. The molecule has 0 bridgehead atoms. The lowest BCUT2D eigenvalue weighted by atomic mass is 9.88. The molecule has 0 aromatic heterocycles. The van der Waals surface area contributed by atoms with E-state index in [1.165, 1.54) is 0 Å². The Hall–Kier alpha value is -1.06. The molecule has 1 aliphatic heterocycles. The van der Waals surface area contributed by atoms with Crippen molar-refractivity contribution in [3.8, 4) is 0 Å². The van der Waals surface area contributed by atoms with Gasteiger partial charge in [-0.3, -0.25) is 9.59 Å². The first-order valence-electron chi connectivity index (χ1n) is 6.56. The summed E-state index contributed by atoms with van der Waals surface area (Å²) >= 11 is 0. The third-order valence-electron chi connectivity index (χ3n) is 4.14. The van der Waals surface area contributed by atoms with Crippen LogP contribution in [0.2, 0.25) is 0 Å². The number of carbonyl (C=O) groups is 2. The fraction of sp³-hybridized carbons (Fsp3) is 0.846. The summed E-state index contributed by atoms with van der Waals surface area (Å²) in [5, 5.41) is 2.93. The molecule has 0 aromatic rings. The van der Waals surface area contributed by atoms with Crippen LogP contribution in [0.3, 0.4) is 0 Å². The highest BCUT2D eigenvalue weighted by atomic mass is 16.2. The Labute approximate surface area is 103 Å². The molecule has 17 heavy (non-hydrogen) atoms. The van der Waals surface area contributed by atoms with Crippen molar-refractivity contribution in [1.82, 2.24) is 10.2 Å². The van der Waals surface area contributed by atoms with Crippen LogP contribution in [0.5, 0.6) is 0 Å². The molecule has 1 aliphatic carbocycles. The monoisotopic (exact) mass is 238 g/mol. The molecule has 1 spiro atoms. The van der Waals surface area contributed by atoms with Gasteiger partial charge in [0, 0.05) is 7.05 Å². The molecule has 1 heterocycles. The topological polar surface area (TPSA) is 49.4 Å². The van der Waals surface area contributed by atoms with Crippen LogP contribution in [0.15, 0.2) is 0 Å². The van der Waals surface area contributed by atoms with Gasteiger partial charge in [-0.15, -0.1) is 0 Å². The maximum absolute atomic E-state index is 12.3. The minimum absolute atomic E-state index is 0.0581. The molecular formula is C13H22N2O2. The van der Waals surface area contributed by atoms with E-state index < -0.39 is 5.54 Å². The average molecular weight is 238 g/mol. The second-order valence-corrected chi connectivity index (χ2v) is 5.79. The van der Waals surface area contributed by atoms with Crippen LogP contribution in [0.1, 0.15) is 46.0 Å². The second kappa shape index (κ2) is 4.31. The molecule has 1 saturated carbocycles. The Balaban J connectivity index is 2.18. The highest BCUT2D eigenvalue weighted by molar-refractivity contribution is 5.99. The number of carbonyl (C=O) groups excluding carboxylic acids is 2. The number of hydrogen-bond acceptors (Lipinski definition) is 2. The van der Waals surface area contributed by atoms with Gasteiger partial charge in [0.2, 0.25) is 11.8 Å². The highest BCUT2D eigenvalue weighted by Crippen LogP contribution is 2.37. The summed E-state index contributed by atoms with van der Waals surface area (Å²) < 4.78 is 0. The van der Waals surface area contributed by atoms with E-state index in [2.05, 4.69) is 19.2 Å². The number of amides is 2. The number of nitrogens with zero attached hydrogens (tertiary/aromatic N) is 1. The number of rotatable bonds is 2. The average Bonchev–Trinajstić information content (AvgIpc) is 2.73. The van der Waals surface area contributed by atoms with Gasteiger partial charge in [0.25, 0.3) is 0 Å². The van der Waals surface area contributed by atoms with Gasteiger partial charge in [0.1, 0.15) is 11.6 Å². The molecular weight excluding hydrogens is 216 g/mol. The normalized spacial score (nSPS) is 28.0. The first kappa shape index (κ1) is 12.4. The van der Waals surface area contributed by atoms with E-state index in [-0.39, 0.29) is 17.9 Å². The van der Waals surface area contributed by atoms with Gasteiger partial charge in [-0.1, -0.05) is 26.7 Å².